The molecule has 2 fully saturated rings. The third-order valence-electron chi connectivity index (χ3n) is 4.00. The summed E-state index contributed by atoms with van der Waals surface area (Å²) in [5, 5.41) is 10.5. The quantitative estimate of drug-likeness (QED) is 0.863. The Morgan fingerprint density at radius 3 is 2.84 bits per heavy atom. The van der Waals surface area contributed by atoms with E-state index in [1.807, 2.05) is 17.9 Å². The van der Waals surface area contributed by atoms with E-state index in [9.17, 15) is 4.79 Å². The first kappa shape index (κ1) is 12.7. The molecule has 1 aromatic rings. The minimum absolute atomic E-state index is 0.0826. The molecule has 5 heteroatoms. The maximum atomic E-state index is 12.5. The third kappa shape index (κ3) is 2.97. The van der Waals surface area contributed by atoms with Gasteiger partial charge in [-0.1, -0.05) is 6.42 Å². The van der Waals surface area contributed by atoms with Crippen LogP contribution in [0.25, 0.3) is 0 Å². The number of aromatic nitrogens is 2. The molecule has 1 saturated carbocycles. The van der Waals surface area contributed by atoms with Crippen LogP contribution in [0.1, 0.15) is 48.3 Å². The Labute approximate surface area is 113 Å². The molecule has 5 nitrogen and oxygen atoms in total. The van der Waals surface area contributed by atoms with Gasteiger partial charge in [-0.05, 0) is 45.2 Å². The number of carbonyl (C=O) groups is 1. The van der Waals surface area contributed by atoms with Crippen molar-refractivity contribution in [3.63, 3.8) is 0 Å². The molecule has 2 heterocycles. The minimum atomic E-state index is 0.0826. The molecule has 1 aliphatic carbocycles. The molecule has 1 unspecified atom stereocenters. The number of aryl methyl sites for hydroxylation is 1. The van der Waals surface area contributed by atoms with Gasteiger partial charge in [0.2, 0.25) is 0 Å². The smallest absolute Gasteiger partial charge is 0.274 e. The number of hydrogen-bond donors (Lipinski definition) is 2. The van der Waals surface area contributed by atoms with E-state index in [2.05, 4.69) is 15.5 Å². The number of amides is 1. The van der Waals surface area contributed by atoms with E-state index in [1.165, 1.54) is 19.3 Å². The lowest BCUT2D eigenvalue weighted by atomic mass is 10.0. The lowest BCUT2D eigenvalue weighted by molar-refractivity contribution is 0.0712. The predicted molar refractivity (Wildman–Crippen MR) is 73.0 cm³/mol. The normalized spacial score (nSPS) is 23.3. The lowest BCUT2D eigenvalue weighted by Crippen LogP contribution is -2.46. The number of carbonyl (C=O) groups excluding carboxylic acids is 1. The largest absolute Gasteiger partial charge is 0.333 e. The van der Waals surface area contributed by atoms with Crippen molar-refractivity contribution >= 4 is 5.91 Å². The summed E-state index contributed by atoms with van der Waals surface area (Å²) in [4.78, 5) is 14.6. The molecule has 19 heavy (non-hydrogen) atoms. The molecule has 0 bridgehead atoms. The van der Waals surface area contributed by atoms with Gasteiger partial charge in [-0.25, -0.2) is 0 Å². The zero-order valence-corrected chi connectivity index (χ0v) is 11.5. The van der Waals surface area contributed by atoms with Crippen LogP contribution in [0.3, 0.4) is 0 Å². The fourth-order valence-electron chi connectivity index (χ4n) is 2.78. The van der Waals surface area contributed by atoms with Gasteiger partial charge in [-0.3, -0.25) is 9.89 Å². The molecule has 2 N–H and O–H groups in total. The van der Waals surface area contributed by atoms with Gasteiger partial charge < -0.3 is 10.2 Å². The molecule has 3 rings (SSSR count). The maximum absolute atomic E-state index is 12.5. The second-order valence-corrected chi connectivity index (χ2v) is 5.77. The molecule has 1 amide bonds. The van der Waals surface area contributed by atoms with Crippen molar-refractivity contribution in [2.75, 3.05) is 13.1 Å². The van der Waals surface area contributed by atoms with Crippen LogP contribution in [-0.4, -0.2) is 46.2 Å². The van der Waals surface area contributed by atoms with Crippen LogP contribution in [0, 0.1) is 6.92 Å². The van der Waals surface area contributed by atoms with Gasteiger partial charge in [0.1, 0.15) is 5.69 Å². The van der Waals surface area contributed by atoms with Crippen molar-refractivity contribution in [2.24, 2.45) is 0 Å². The van der Waals surface area contributed by atoms with Gasteiger partial charge in [0.05, 0.1) is 0 Å². The first-order valence-electron chi connectivity index (χ1n) is 7.30. The highest BCUT2D eigenvalue weighted by Crippen LogP contribution is 2.29. The van der Waals surface area contributed by atoms with E-state index in [-0.39, 0.29) is 5.91 Å². The molecule has 0 radical (unpaired) electrons. The summed E-state index contributed by atoms with van der Waals surface area (Å²) in [7, 11) is 0. The Bertz CT molecular complexity index is 446. The van der Waals surface area contributed by atoms with Gasteiger partial charge >= 0.3 is 0 Å². The second-order valence-electron chi connectivity index (χ2n) is 5.77. The Hall–Kier alpha value is -1.36. The summed E-state index contributed by atoms with van der Waals surface area (Å²) in [5.74, 6) is 0.0826. The number of nitrogens with one attached hydrogen (secondary N) is 2. The third-order valence-corrected chi connectivity index (χ3v) is 4.00. The topological polar surface area (TPSA) is 61.0 Å². The van der Waals surface area contributed by atoms with Crippen LogP contribution >= 0.6 is 0 Å². The number of nitrogens with zero attached hydrogens (tertiary/aromatic N) is 2. The summed E-state index contributed by atoms with van der Waals surface area (Å²) < 4.78 is 0. The standard InChI is InChI=1S/C14H22N4O/c1-10-8-13(17-16-10)14(19)18(12-5-6-12)9-11-4-2-3-7-15-11/h8,11-12,15H,2-7,9H2,1H3,(H,16,17). The van der Waals surface area contributed by atoms with E-state index < -0.39 is 0 Å². The molecular weight excluding hydrogens is 240 g/mol. The average molecular weight is 262 g/mol. The van der Waals surface area contributed by atoms with E-state index in [0.29, 0.717) is 17.8 Å². The van der Waals surface area contributed by atoms with Crippen LogP contribution < -0.4 is 5.32 Å². The van der Waals surface area contributed by atoms with Crippen molar-refractivity contribution in [2.45, 2.75) is 51.1 Å². The molecule has 104 valence electrons. The van der Waals surface area contributed by atoms with Crippen molar-refractivity contribution in [1.82, 2.24) is 20.4 Å². The van der Waals surface area contributed by atoms with Crippen LogP contribution in [0.15, 0.2) is 6.07 Å². The number of piperidine rings is 1. The fraction of sp³-hybridized carbons (Fsp3) is 0.714. The highest BCUT2D eigenvalue weighted by atomic mass is 16.2. The van der Waals surface area contributed by atoms with Crippen molar-refractivity contribution in [3.8, 4) is 0 Å². The maximum Gasteiger partial charge on any atom is 0.274 e. The van der Waals surface area contributed by atoms with E-state index in [4.69, 9.17) is 0 Å². The fourth-order valence-corrected chi connectivity index (χ4v) is 2.78. The predicted octanol–water partition coefficient (Wildman–Crippen LogP) is 1.46. The number of H-pyrrole nitrogens is 1. The molecule has 2 aliphatic rings. The summed E-state index contributed by atoms with van der Waals surface area (Å²) in [6, 6.07) is 2.73. The lowest BCUT2D eigenvalue weighted by Gasteiger charge is -2.30. The first-order chi connectivity index (χ1) is 9.24. The van der Waals surface area contributed by atoms with Crippen molar-refractivity contribution < 1.29 is 4.79 Å². The average Bonchev–Trinajstić information content (AvgIpc) is 3.18. The zero-order chi connectivity index (χ0) is 13.2. The molecule has 0 aromatic carbocycles. The molecule has 1 saturated heterocycles. The Balaban J connectivity index is 1.68. The zero-order valence-electron chi connectivity index (χ0n) is 11.5. The highest BCUT2D eigenvalue weighted by molar-refractivity contribution is 5.92. The first-order valence-corrected chi connectivity index (χ1v) is 7.30. The van der Waals surface area contributed by atoms with Crippen LogP contribution in [0.2, 0.25) is 0 Å². The van der Waals surface area contributed by atoms with Crippen molar-refractivity contribution in [3.05, 3.63) is 17.5 Å². The van der Waals surface area contributed by atoms with Gasteiger partial charge in [0, 0.05) is 24.3 Å². The monoisotopic (exact) mass is 262 g/mol. The van der Waals surface area contributed by atoms with Gasteiger partial charge in [0.15, 0.2) is 0 Å². The van der Waals surface area contributed by atoms with E-state index in [0.717, 1.165) is 31.6 Å². The molecule has 1 aromatic heterocycles. The van der Waals surface area contributed by atoms with Gasteiger partial charge in [-0.15, -0.1) is 0 Å². The summed E-state index contributed by atoms with van der Waals surface area (Å²) in [6.07, 6.45) is 5.98. The second kappa shape index (κ2) is 5.33. The van der Waals surface area contributed by atoms with E-state index in [1.54, 1.807) is 0 Å². The minimum Gasteiger partial charge on any atom is -0.333 e. The summed E-state index contributed by atoms with van der Waals surface area (Å²) in [5.41, 5.74) is 1.50. The Morgan fingerprint density at radius 2 is 2.26 bits per heavy atom. The molecular formula is C14H22N4O. The SMILES string of the molecule is Cc1cc(C(=O)N(CC2CCCCN2)C2CC2)n[nH]1. The van der Waals surface area contributed by atoms with Crippen LogP contribution in [0.5, 0.6) is 0 Å². The Morgan fingerprint density at radius 1 is 1.42 bits per heavy atom. The van der Waals surface area contributed by atoms with E-state index >= 15 is 0 Å². The van der Waals surface area contributed by atoms with Gasteiger partial charge in [0.25, 0.3) is 5.91 Å². The Kier molecular flexibility index (Phi) is 3.55. The van der Waals surface area contributed by atoms with Crippen LogP contribution in [-0.2, 0) is 0 Å². The highest BCUT2D eigenvalue weighted by Gasteiger charge is 2.35. The molecule has 0 spiro atoms. The summed E-state index contributed by atoms with van der Waals surface area (Å²) in [6.45, 7) is 3.84. The molecule has 1 aliphatic heterocycles. The summed E-state index contributed by atoms with van der Waals surface area (Å²) >= 11 is 0. The van der Waals surface area contributed by atoms with Crippen molar-refractivity contribution in [1.29, 1.82) is 0 Å². The van der Waals surface area contributed by atoms with Crippen LogP contribution in [0.4, 0.5) is 0 Å². The number of hydrogen-bond acceptors (Lipinski definition) is 3. The molecule has 1 atom stereocenters. The number of rotatable bonds is 4. The van der Waals surface area contributed by atoms with Gasteiger partial charge in [-0.2, -0.15) is 5.10 Å². The number of aromatic amines is 1.